The van der Waals surface area contributed by atoms with E-state index in [1.165, 1.54) is 11.5 Å². The molecule has 1 N–H and O–H groups in total. The summed E-state index contributed by atoms with van der Waals surface area (Å²) in [4.78, 5) is 14.0. The van der Waals surface area contributed by atoms with Crippen molar-refractivity contribution in [3.05, 3.63) is 24.3 Å². The van der Waals surface area contributed by atoms with Crippen LogP contribution in [0.1, 0.15) is 19.7 Å². The lowest BCUT2D eigenvalue weighted by Gasteiger charge is -2.36. The van der Waals surface area contributed by atoms with Crippen molar-refractivity contribution < 1.29 is 0 Å². The number of halogens is 1. The number of aliphatic imine (C=N–C) groups is 1. The van der Waals surface area contributed by atoms with Crippen LogP contribution in [0.15, 0.2) is 23.5 Å². The zero-order chi connectivity index (χ0) is 17.5. The molecule has 1 saturated heterocycles. The van der Waals surface area contributed by atoms with Crippen molar-refractivity contribution in [3.63, 3.8) is 0 Å². The molecule has 3 rings (SSSR count). The summed E-state index contributed by atoms with van der Waals surface area (Å²) in [5, 5.41) is 8.66. The molecule has 8 nitrogen and oxygen atoms in total. The van der Waals surface area contributed by atoms with Gasteiger partial charge in [-0.3, -0.25) is 9.67 Å². The van der Waals surface area contributed by atoms with Crippen molar-refractivity contribution in [1.82, 2.24) is 29.4 Å². The molecule has 2 aromatic rings. The van der Waals surface area contributed by atoms with Gasteiger partial charge in [-0.05, 0) is 13.0 Å². The number of aryl methyl sites for hydroxylation is 1. The number of piperazine rings is 1. The second-order valence-corrected chi connectivity index (χ2v) is 6.56. The summed E-state index contributed by atoms with van der Waals surface area (Å²) < 4.78 is 6.30. The van der Waals surface area contributed by atoms with Crippen LogP contribution >= 0.6 is 35.5 Å². The Balaban J connectivity index is 0.00000243. The van der Waals surface area contributed by atoms with Gasteiger partial charge in [0.1, 0.15) is 5.82 Å². The predicted molar refractivity (Wildman–Crippen MR) is 117 cm³/mol. The lowest BCUT2D eigenvalue weighted by atomic mass is 10.3. The van der Waals surface area contributed by atoms with E-state index in [0.717, 1.165) is 69.1 Å². The summed E-state index contributed by atoms with van der Waals surface area (Å²) in [5.41, 5.74) is 0. The molecule has 0 aliphatic carbocycles. The highest BCUT2D eigenvalue weighted by atomic mass is 127. The molecule has 3 heterocycles. The minimum absolute atomic E-state index is 0. The maximum absolute atomic E-state index is 4.75. The Morgan fingerprint density at radius 3 is 2.69 bits per heavy atom. The second kappa shape index (κ2) is 10.7. The zero-order valence-electron chi connectivity index (χ0n) is 15.3. The first-order valence-corrected chi connectivity index (χ1v) is 9.65. The molecule has 0 spiro atoms. The van der Waals surface area contributed by atoms with Gasteiger partial charge in [0.2, 0.25) is 5.13 Å². The van der Waals surface area contributed by atoms with Gasteiger partial charge in [0, 0.05) is 63.1 Å². The Labute approximate surface area is 175 Å². The Bertz CT molecular complexity index is 664. The van der Waals surface area contributed by atoms with Crippen LogP contribution in [-0.2, 0) is 13.0 Å². The molecule has 0 saturated carbocycles. The van der Waals surface area contributed by atoms with E-state index in [1.54, 1.807) is 6.20 Å². The molecule has 0 aromatic carbocycles. The highest BCUT2D eigenvalue weighted by Gasteiger charge is 2.21. The molecule has 144 valence electrons. The van der Waals surface area contributed by atoms with E-state index >= 15 is 0 Å². The predicted octanol–water partition coefficient (Wildman–Crippen LogP) is 1.70. The minimum atomic E-state index is 0. The molecule has 1 aliphatic rings. The largest absolute Gasteiger partial charge is 0.357 e. The van der Waals surface area contributed by atoms with Crippen LogP contribution in [0, 0.1) is 0 Å². The molecule has 0 amide bonds. The van der Waals surface area contributed by atoms with Crippen molar-refractivity contribution in [2.75, 3.05) is 44.2 Å². The molecule has 0 bridgehead atoms. The van der Waals surface area contributed by atoms with Gasteiger partial charge < -0.3 is 15.1 Å². The van der Waals surface area contributed by atoms with Crippen LogP contribution in [0.3, 0.4) is 0 Å². The average Bonchev–Trinajstić information content (AvgIpc) is 3.33. The van der Waals surface area contributed by atoms with Crippen molar-refractivity contribution in [1.29, 1.82) is 0 Å². The van der Waals surface area contributed by atoms with Gasteiger partial charge in [-0.15, -0.1) is 24.0 Å². The number of nitrogens with zero attached hydrogens (tertiary/aromatic N) is 7. The highest BCUT2D eigenvalue weighted by Crippen LogP contribution is 2.19. The summed E-state index contributed by atoms with van der Waals surface area (Å²) in [6.45, 7) is 10.4. The third-order valence-corrected chi connectivity index (χ3v) is 4.92. The maximum Gasteiger partial charge on any atom is 0.205 e. The number of hydrogen-bond acceptors (Lipinski definition) is 6. The van der Waals surface area contributed by atoms with E-state index in [-0.39, 0.29) is 24.0 Å². The van der Waals surface area contributed by atoms with Crippen LogP contribution in [0.5, 0.6) is 0 Å². The summed E-state index contributed by atoms with van der Waals surface area (Å²) in [6.07, 6.45) is 4.66. The van der Waals surface area contributed by atoms with Gasteiger partial charge >= 0.3 is 0 Å². The fourth-order valence-electron chi connectivity index (χ4n) is 2.74. The highest BCUT2D eigenvalue weighted by molar-refractivity contribution is 14.0. The van der Waals surface area contributed by atoms with Crippen LogP contribution in [0.25, 0.3) is 0 Å². The molecule has 1 aliphatic heterocycles. The van der Waals surface area contributed by atoms with Crippen LogP contribution in [-0.4, -0.2) is 69.3 Å². The van der Waals surface area contributed by atoms with Crippen molar-refractivity contribution >= 4 is 46.6 Å². The first-order valence-electron chi connectivity index (χ1n) is 8.88. The smallest absolute Gasteiger partial charge is 0.205 e. The second-order valence-electron chi connectivity index (χ2n) is 5.83. The third-order valence-electron chi connectivity index (χ3n) is 4.11. The first kappa shape index (κ1) is 20.9. The van der Waals surface area contributed by atoms with E-state index in [9.17, 15) is 0 Å². The number of rotatable bonds is 6. The normalized spacial score (nSPS) is 15.1. The lowest BCUT2D eigenvalue weighted by molar-refractivity contribution is 0.372. The van der Waals surface area contributed by atoms with Gasteiger partial charge in [0.15, 0.2) is 5.96 Å². The fraction of sp³-hybridized carbons (Fsp3) is 0.625. The molecular formula is C16H27IN8S. The zero-order valence-corrected chi connectivity index (χ0v) is 18.5. The molecule has 10 heteroatoms. The Kier molecular flexibility index (Phi) is 8.55. The van der Waals surface area contributed by atoms with Crippen molar-refractivity contribution in [3.8, 4) is 0 Å². The lowest BCUT2D eigenvalue weighted by Crippen LogP contribution is -2.52. The Hall–Kier alpha value is -1.43. The summed E-state index contributed by atoms with van der Waals surface area (Å²) in [6, 6.07) is 1.94. The van der Waals surface area contributed by atoms with E-state index in [2.05, 4.69) is 43.4 Å². The van der Waals surface area contributed by atoms with Gasteiger partial charge in [-0.25, -0.2) is 4.98 Å². The Morgan fingerprint density at radius 1 is 1.27 bits per heavy atom. The number of anilines is 1. The van der Waals surface area contributed by atoms with E-state index in [4.69, 9.17) is 4.99 Å². The molecule has 2 aromatic heterocycles. The third kappa shape index (κ3) is 5.53. The first-order chi connectivity index (χ1) is 12.3. The number of aromatic nitrogens is 4. The van der Waals surface area contributed by atoms with Crippen LogP contribution in [0.4, 0.5) is 5.13 Å². The summed E-state index contributed by atoms with van der Waals surface area (Å²) in [5.74, 6) is 1.93. The van der Waals surface area contributed by atoms with Gasteiger partial charge in [-0.2, -0.15) is 9.47 Å². The number of hydrogen-bond donors (Lipinski definition) is 1. The quantitative estimate of drug-likeness (QED) is 0.378. The van der Waals surface area contributed by atoms with Crippen LogP contribution < -0.4 is 10.2 Å². The fourth-order valence-corrected chi connectivity index (χ4v) is 3.54. The van der Waals surface area contributed by atoms with Gasteiger partial charge in [0.25, 0.3) is 0 Å². The average molecular weight is 490 g/mol. The summed E-state index contributed by atoms with van der Waals surface area (Å²) >= 11 is 1.50. The SMILES string of the molecule is CCNC(=NCCn1cccn1)N1CCN(c2nc(CC)ns2)CC1.I. The number of guanidine groups is 1. The maximum atomic E-state index is 4.75. The standard InChI is InChI=1S/C16H26N8S.HI/c1-3-14-20-16(25-21-14)23-12-10-22(11-13-23)15(17-4-2)18-7-9-24-8-5-6-19-24;/h5-6,8H,3-4,7,9-13H2,1-2H3,(H,17,18);1H. The molecule has 0 atom stereocenters. The molecule has 0 unspecified atom stereocenters. The van der Waals surface area contributed by atoms with E-state index in [0.29, 0.717) is 0 Å². The molecular weight excluding hydrogens is 463 g/mol. The van der Waals surface area contributed by atoms with Crippen molar-refractivity contribution in [2.45, 2.75) is 26.8 Å². The van der Waals surface area contributed by atoms with E-state index in [1.807, 2.05) is 16.9 Å². The number of nitrogens with one attached hydrogen (secondary N) is 1. The van der Waals surface area contributed by atoms with Gasteiger partial charge in [-0.1, -0.05) is 6.92 Å². The molecule has 0 radical (unpaired) electrons. The summed E-state index contributed by atoms with van der Waals surface area (Å²) in [7, 11) is 0. The molecule has 26 heavy (non-hydrogen) atoms. The van der Waals surface area contributed by atoms with E-state index < -0.39 is 0 Å². The van der Waals surface area contributed by atoms with Gasteiger partial charge in [0.05, 0.1) is 13.1 Å². The topological polar surface area (TPSA) is 74.5 Å². The Morgan fingerprint density at radius 2 is 2.08 bits per heavy atom. The molecule has 1 fully saturated rings. The van der Waals surface area contributed by atoms with Crippen molar-refractivity contribution in [2.24, 2.45) is 4.99 Å². The monoisotopic (exact) mass is 490 g/mol. The minimum Gasteiger partial charge on any atom is -0.357 e. The van der Waals surface area contributed by atoms with Crippen LogP contribution in [0.2, 0.25) is 0 Å².